The first kappa shape index (κ1) is 21.9. The van der Waals surface area contributed by atoms with Crippen molar-refractivity contribution in [2.45, 2.75) is 51.2 Å². The second kappa shape index (κ2) is 9.52. The number of amides is 2. The van der Waals surface area contributed by atoms with E-state index in [-0.39, 0.29) is 30.3 Å². The van der Waals surface area contributed by atoms with Crippen LogP contribution < -0.4 is 0 Å². The first-order valence-corrected chi connectivity index (χ1v) is 12.6. The molecule has 4 nitrogen and oxygen atoms in total. The second-order valence-electron chi connectivity index (χ2n) is 9.30. The molecule has 33 heavy (non-hydrogen) atoms. The fourth-order valence-electron chi connectivity index (χ4n) is 4.56. The van der Waals surface area contributed by atoms with E-state index in [1.165, 1.54) is 15.3 Å². The van der Waals surface area contributed by atoms with Crippen molar-refractivity contribution in [2.24, 2.45) is 5.92 Å². The van der Waals surface area contributed by atoms with Gasteiger partial charge in [-0.15, -0.1) is 11.3 Å². The molecule has 2 aliphatic carbocycles. The van der Waals surface area contributed by atoms with E-state index in [2.05, 4.69) is 43.3 Å². The van der Waals surface area contributed by atoms with E-state index in [4.69, 9.17) is 0 Å². The zero-order chi connectivity index (χ0) is 22.8. The summed E-state index contributed by atoms with van der Waals surface area (Å²) < 4.78 is 0. The molecule has 2 aromatic carbocycles. The Labute approximate surface area is 199 Å². The molecule has 2 atom stereocenters. The van der Waals surface area contributed by atoms with Gasteiger partial charge in [0.25, 0.3) is 0 Å². The van der Waals surface area contributed by atoms with Gasteiger partial charge in [0.15, 0.2) is 0 Å². The van der Waals surface area contributed by atoms with Crippen LogP contribution in [0.1, 0.15) is 46.1 Å². The number of hydrogen-bond donors (Lipinski definition) is 0. The fraction of sp³-hybridized carbons (Fsp3) is 0.357. The maximum atomic E-state index is 13.5. The topological polar surface area (TPSA) is 40.6 Å². The minimum atomic E-state index is 0.0170. The lowest BCUT2D eigenvalue weighted by atomic mass is 10.1. The average Bonchev–Trinajstić information content (AvgIpc) is 3.76. The molecular formula is C28H30N2O2S. The standard InChI is InChI=1S/C28H30N2O2S/c1-20-12-15-24(33-20)18-29(17-21-8-4-2-5-9-21)27(31)19-30(23-13-14-23)28(32)26-16-25(26)22-10-6-3-7-11-22/h2-12,15,23,25-26H,13-14,16-19H2,1H3. The fourth-order valence-corrected chi connectivity index (χ4v) is 5.47. The van der Waals surface area contributed by atoms with Gasteiger partial charge in [-0.05, 0) is 55.4 Å². The molecule has 5 heteroatoms. The Morgan fingerprint density at radius 3 is 2.24 bits per heavy atom. The number of rotatable bonds is 9. The molecule has 5 rings (SSSR count). The summed E-state index contributed by atoms with van der Waals surface area (Å²) in [6.07, 6.45) is 2.90. The molecule has 0 bridgehead atoms. The zero-order valence-corrected chi connectivity index (χ0v) is 19.8. The Hall–Kier alpha value is -2.92. The van der Waals surface area contributed by atoms with Crippen LogP contribution in [0.15, 0.2) is 72.8 Å². The van der Waals surface area contributed by atoms with Gasteiger partial charge in [-0.1, -0.05) is 60.7 Å². The SMILES string of the molecule is Cc1ccc(CN(Cc2ccccc2)C(=O)CN(C(=O)C2CC2c2ccccc2)C2CC2)s1. The van der Waals surface area contributed by atoms with Crippen LogP contribution in [0, 0.1) is 12.8 Å². The second-order valence-corrected chi connectivity index (χ2v) is 10.7. The van der Waals surface area contributed by atoms with Crippen LogP contribution in [-0.4, -0.2) is 34.2 Å². The molecule has 170 valence electrons. The summed E-state index contributed by atoms with van der Waals surface area (Å²) in [5.74, 6) is 0.501. The molecule has 0 radical (unpaired) electrons. The number of aryl methyl sites for hydroxylation is 1. The summed E-state index contributed by atoms with van der Waals surface area (Å²) in [6.45, 7) is 3.40. The van der Waals surface area contributed by atoms with Crippen LogP contribution in [0.2, 0.25) is 0 Å². The lowest BCUT2D eigenvalue weighted by molar-refractivity contribution is -0.142. The third kappa shape index (κ3) is 5.36. The Morgan fingerprint density at radius 1 is 0.909 bits per heavy atom. The number of nitrogens with zero attached hydrogens (tertiary/aromatic N) is 2. The lowest BCUT2D eigenvalue weighted by Crippen LogP contribution is -2.44. The third-order valence-corrected chi connectivity index (χ3v) is 7.61. The number of carbonyl (C=O) groups is 2. The summed E-state index contributed by atoms with van der Waals surface area (Å²) in [4.78, 5) is 33.1. The van der Waals surface area contributed by atoms with E-state index in [0.717, 1.165) is 24.8 Å². The van der Waals surface area contributed by atoms with Crippen LogP contribution in [-0.2, 0) is 22.7 Å². The average molecular weight is 459 g/mol. The van der Waals surface area contributed by atoms with E-state index in [0.29, 0.717) is 19.0 Å². The Kier molecular flexibility index (Phi) is 6.32. The predicted molar refractivity (Wildman–Crippen MR) is 132 cm³/mol. The number of carbonyl (C=O) groups excluding carboxylic acids is 2. The van der Waals surface area contributed by atoms with Gasteiger partial charge in [-0.2, -0.15) is 0 Å². The molecule has 0 spiro atoms. The first-order valence-electron chi connectivity index (χ1n) is 11.8. The molecule has 0 aliphatic heterocycles. The molecule has 1 aromatic heterocycles. The predicted octanol–water partition coefficient (Wildman–Crippen LogP) is 5.38. The van der Waals surface area contributed by atoms with E-state index in [9.17, 15) is 9.59 Å². The van der Waals surface area contributed by atoms with Crippen molar-refractivity contribution >= 4 is 23.2 Å². The van der Waals surface area contributed by atoms with Crippen molar-refractivity contribution in [3.8, 4) is 0 Å². The van der Waals surface area contributed by atoms with Crippen molar-refractivity contribution in [1.82, 2.24) is 9.80 Å². The van der Waals surface area contributed by atoms with Gasteiger partial charge in [0.05, 0.1) is 6.54 Å². The van der Waals surface area contributed by atoms with Gasteiger partial charge in [0.1, 0.15) is 6.54 Å². The Bertz CT molecular complexity index is 1110. The summed E-state index contributed by atoms with van der Waals surface area (Å²) in [5, 5.41) is 0. The Morgan fingerprint density at radius 2 is 1.61 bits per heavy atom. The maximum Gasteiger partial charge on any atom is 0.242 e. The normalized spacial score (nSPS) is 19.2. The number of hydrogen-bond acceptors (Lipinski definition) is 3. The first-order chi connectivity index (χ1) is 16.1. The molecule has 0 saturated heterocycles. The minimum absolute atomic E-state index is 0.0170. The molecular weight excluding hydrogens is 428 g/mol. The third-order valence-electron chi connectivity index (χ3n) is 6.62. The maximum absolute atomic E-state index is 13.5. The Balaban J connectivity index is 1.29. The summed E-state index contributed by atoms with van der Waals surface area (Å²) >= 11 is 1.73. The van der Waals surface area contributed by atoms with Crippen molar-refractivity contribution in [3.05, 3.63) is 93.7 Å². The highest BCUT2D eigenvalue weighted by Gasteiger charge is 2.48. The highest BCUT2D eigenvalue weighted by molar-refractivity contribution is 7.11. The van der Waals surface area contributed by atoms with E-state index >= 15 is 0 Å². The van der Waals surface area contributed by atoms with Crippen LogP contribution >= 0.6 is 11.3 Å². The van der Waals surface area contributed by atoms with Gasteiger partial charge < -0.3 is 9.80 Å². The van der Waals surface area contributed by atoms with Crippen LogP contribution in [0.25, 0.3) is 0 Å². The van der Waals surface area contributed by atoms with Crippen molar-refractivity contribution in [3.63, 3.8) is 0 Å². The monoisotopic (exact) mass is 458 g/mol. The molecule has 2 unspecified atom stereocenters. The van der Waals surface area contributed by atoms with Gasteiger partial charge in [-0.3, -0.25) is 9.59 Å². The van der Waals surface area contributed by atoms with Crippen LogP contribution in [0.4, 0.5) is 0 Å². The molecule has 2 saturated carbocycles. The molecule has 0 N–H and O–H groups in total. The van der Waals surface area contributed by atoms with Crippen LogP contribution in [0.3, 0.4) is 0 Å². The van der Waals surface area contributed by atoms with Crippen molar-refractivity contribution in [1.29, 1.82) is 0 Å². The summed E-state index contributed by atoms with van der Waals surface area (Å²) in [5.41, 5.74) is 2.34. The molecule has 2 amide bonds. The summed E-state index contributed by atoms with van der Waals surface area (Å²) in [7, 11) is 0. The van der Waals surface area contributed by atoms with E-state index in [1.807, 2.05) is 46.2 Å². The van der Waals surface area contributed by atoms with Gasteiger partial charge in [0.2, 0.25) is 11.8 Å². The van der Waals surface area contributed by atoms with Crippen LogP contribution in [0.5, 0.6) is 0 Å². The summed E-state index contributed by atoms with van der Waals surface area (Å²) in [6, 6.07) is 24.8. The van der Waals surface area contributed by atoms with Crippen molar-refractivity contribution in [2.75, 3.05) is 6.54 Å². The van der Waals surface area contributed by atoms with Gasteiger partial charge in [-0.25, -0.2) is 0 Å². The van der Waals surface area contributed by atoms with Gasteiger partial charge >= 0.3 is 0 Å². The lowest BCUT2D eigenvalue weighted by Gasteiger charge is -2.28. The molecule has 2 aliphatic rings. The largest absolute Gasteiger partial charge is 0.332 e. The van der Waals surface area contributed by atoms with E-state index in [1.54, 1.807) is 11.3 Å². The van der Waals surface area contributed by atoms with Gasteiger partial charge in [0, 0.05) is 28.3 Å². The zero-order valence-electron chi connectivity index (χ0n) is 19.0. The molecule has 1 heterocycles. The molecule has 2 fully saturated rings. The molecule has 3 aromatic rings. The number of benzene rings is 2. The smallest absolute Gasteiger partial charge is 0.242 e. The number of thiophene rings is 1. The van der Waals surface area contributed by atoms with Crippen molar-refractivity contribution < 1.29 is 9.59 Å². The minimum Gasteiger partial charge on any atom is -0.332 e. The quantitative estimate of drug-likeness (QED) is 0.432. The highest BCUT2D eigenvalue weighted by Crippen LogP contribution is 2.49. The highest BCUT2D eigenvalue weighted by atomic mass is 32.1. The van der Waals surface area contributed by atoms with E-state index < -0.39 is 0 Å².